The molecule has 82 valence electrons. The first-order chi connectivity index (χ1) is 7.09. The van der Waals surface area contributed by atoms with Crippen LogP contribution in [-0.4, -0.2) is 5.54 Å². The molecular weight excluding hydrogens is 189 g/mol. The zero-order valence-corrected chi connectivity index (χ0v) is 9.22. The highest BCUT2D eigenvalue weighted by molar-refractivity contribution is 5.28. The van der Waals surface area contributed by atoms with Crippen molar-refractivity contribution in [2.45, 2.75) is 44.6 Å². The summed E-state index contributed by atoms with van der Waals surface area (Å²) in [6.45, 7) is 2.02. The van der Waals surface area contributed by atoms with Crippen LogP contribution in [0, 0.1) is 12.7 Å². The summed E-state index contributed by atoms with van der Waals surface area (Å²) in [7, 11) is 0. The second-order valence-corrected chi connectivity index (χ2v) is 4.82. The lowest BCUT2D eigenvalue weighted by Crippen LogP contribution is -2.38. The molecule has 1 nitrogen and oxygen atoms in total. The van der Waals surface area contributed by atoms with Crippen molar-refractivity contribution in [3.05, 3.63) is 35.1 Å². The summed E-state index contributed by atoms with van der Waals surface area (Å²) >= 11 is 0. The molecule has 0 unspecified atom stereocenters. The molecule has 0 aromatic heterocycles. The van der Waals surface area contributed by atoms with Gasteiger partial charge in [0.15, 0.2) is 0 Å². The maximum Gasteiger partial charge on any atom is 0.123 e. The fraction of sp³-hybridized carbons (Fsp3) is 0.538. The molecule has 1 aliphatic carbocycles. The van der Waals surface area contributed by atoms with Crippen molar-refractivity contribution in [2.75, 3.05) is 0 Å². The maximum absolute atomic E-state index is 13.1. The maximum atomic E-state index is 13.1. The van der Waals surface area contributed by atoms with Crippen LogP contribution in [0.2, 0.25) is 0 Å². The number of rotatable bonds is 2. The Balaban J connectivity index is 2.19. The molecule has 1 saturated carbocycles. The standard InChI is InChI=1S/C13H18FN/c1-10-4-5-12(14)8-11(10)9-13(15)6-2-3-7-13/h4-5,8H,2-3,6-7,9,15H2,1H3. The van der Waals surface area contributed by atoms with Gasteiger partial charge in [0.1, 0.15) is 5.82 Å². The van der Waals surface area contributed by atoms with Gasteiger partial charge in [0.25, 0.3) is 0 Å². The Bertz CT molecular complexity index is 354. The highest BCUT2D eigenvalue weighted by atomic mass is 19.1. The number of hydrogen-bond acceptors (Lipinski definition) is 1. The number of benzene rings is 1. The lowest BCUT2D eigenvalue weighted by atomic mass is 9.88. The molecule has 1 fully saturated rings. The summed E-state index contributed by atoms with van der Waals surface area (Å²) in [4.78, 5) is 0. The van der Waals surface area contributed by atoms with Crippen LogP contribution in [0.4, 0.5) is 4.39 Å². The van der Waals surface area contributed by atoms with E-state index < -0.39 is 0 Å². The third-order valence-corrected chi connectivity index (χ3v) is 3.45. The number of hydrogen-bond donors (Lipinski definition) is 1. The van der Waals surface area contributed by atoms with Crippen molar-refractivity contribution in [3.8, 4) is 0 Å². The molecule has 1 aliphatic rings. The summed E-state index contributed by atoms with van der Waals surface area (Å²) in [5.41, 5.74) is 8.42. The van der Waals surface area contributed by atoms with Crippen LogP contribution in [0.15, 0.2) is 18.2 Å². The van der Waals surface area contributed by atoms with Crippen LogP contribution in [0.3, 0.4) is 0 Å². The van der Waals surface area contributed by atoms with E-state index in [1.807, 2.05) is 13.0 Å². The molecule has 0 heterocycles. The number of halogens is 1. The number of nitrogens with two attached hydrogens (primary N) is 1. The van der Waals surface area contributed by atoms with Gasteiger partial charge in [-0.3, -0.25) is 0 Å². The van der Waals surface area contributed by atoms with Gasteiger partial charge < -0.3 is 5.73 Å². The molecule has 0 radical (unpaired) electrons. The minimum Gasteiger partial charge on any atom is -0.325 e. The Kier molecular flexibility index (Phi) is 2.79. The molecule has 0 saturated heterocycles. The first kappa shape index (κ1) is 10.6. The van der Waals surface area contributed by atoms with Gasteiger partial charge in [0.05, 0.1) is 0 Å². The fourth-order valence-electron chi connectivity index (χ4n) is 2.47. The van der Waals surface area contributed by atoms with E-state index in [-0.39, 0.29) is 11.4 Å². The Hall–Kier alpha value is -0.890. The summed E-state index contributed by atoms with van der Waals surface area (Å²) in [6.07, 6.45) is 5.39. The van der Waals surface area contributed by atoms with E-state index in [9.17, 15) is 4.39 Å². The molecule has 2 heteroatoms. The third kappa shape index (κ3) is 2.37. The Labute approximate surface area is 90.5 Å². The first-order valence-electron chi connectivity index (χ1n) is 5.63. The lowest BCUT2D eigenvalue weighted by molar-refractivity contribution is 0.434. The van der Waals surface area contributed by atoms with Crippen molar-refractivity contribution >= 4 is 0 Å². The van der Waals surface area contributed by atoms with Crippen molar-refractivity contribution in [3.63, 3.8) is 0 Å². The van der Waals surface area contributed by atoms with Gasteiger partial charge in [-0.15, -0.1) is 0 Å². The summed E-state index contributed by atoms with van der Waals surface area (Å²) < 4.78 is 13.1. The predicted octanol–water partition coefficient (Wildman–Crippen LogP) is 2.95. The van der Waals surface area contributed by atoms with Gasteiger partial charge in [-0.1, -0.05) is 18.9 Å². The second-order valence-electron chi connectivity index (χ2n) is 4.82. The Morgan fingerprint density at radius 3 is 2.67 bits per heavy atom. The van der Waals surface area contributed by atoms with Gasteiger partial charge in [0, 0.05) is 5.54 Å². The minimum atomic E-state index is -0.155. The topological polar surface area (TPSA) is 26.0 Å². The molecule has 1 aromatic rings. The number of aryl methyl sites for hydroxylation is 1. The molecule has 2 rings (SSSR count). The van der Waals surface area contributed by atoms with Gasteiger partial charge in [-0.2, -0.15) is 0 Å². The molecule has 2 N–H and O–H groups in total. The quantitative estimate of drug-likeness (QED) is 0.792. The molecule has 0 bridgehead atoms. The van der Waals surface area contributed by atoms with E-state index in [1.165, 1.54) is 18.9 Å². The summed E-state index contributed by atoms with van der Waals surface area (Å²) in [5.74, 6) is -0.155. The molecule has 0 spiro atoms. The van der Waals surface area contributed by atoms with Crippen LogP contribution in [0.1, 0.15) is 36.8 Å². The molecule has 1 aromatic carbocycles. The van der Waals surface area contributed by atoms with Crippen molar-refractivity contribution in [1.29, 1.82) is 0 Å². The lowest BCUT2D eigenvalue weighted by Gasteiger charge is -2.24. The predicted molar refractivity (Wildman–Crippen MR) is 60.2 cm³/mol. The summed E-state index contributed by atoms with van der Waals surface area (Å²) in [6, 6.07) is 4.97. The highest BCUT2D eigenvalue weighted by Gasteiger charge is 2.29. The SMILES string of the molecule is Cc1ccc(F)cc1CC1(N)CCCC1. The second kappa shape index (κ2) is 3.93. The van der Waals surface area contributed by atoms with E-state index in [2.05, 4.69) is 0 Å². The van der Waals surface area contributed by atoms with Crippen molar-refractivity contribution < 1.29 is 4.39 Å². The highest BCUT2D eigenvalue weighted by Crippen LogP contribution is 2.31. The van der Waals surface area contributed by atoms with Crippen LogP contribution < -0.4 is 5.73 Å². The molecule has 0 amide bonds. The van der Waals surface area contributed by atoms with E-state index in [0.717, 1.165) is 30.4 Å². The smallest absolute Gasteiger partial charge is 0.123 e. The van der Waals surface area contributed by atoms with Crippen molar-refractivity contribution in [2.24, 2.45) is 5.73 Å². The van der Waals surface area contributed by atoms with Crippen molar-refractivity contribution in [1.82, 2.24) is 0 Å². The molecule has 0 atom stereocenters. The van der Waals surface area contributed by atoms with Crippen LogP contribution in [0.5, 0.6) is 0 Å². The Morgan fingerprint density at radius 2 is 2.00 bits per heavy atom. The van der Waals surface area contributed by atoms with Crippen LogP contribution in [-0.2, 0) is 6.42 Å². The third-order valence-electron chi connectivity index (χ3n) is 3.45. The van der Waals surface area contributed by atoms with E-state index in [4.69, 9.17) is 5.73 Å². The van der Waals surface area contributed by atoms with Gasteiger partial charge in [0.2, 0.25) is 0 Å². The Morgan fingerprint density at radius 1 is 1.33 bits per heavy atom. The zero-order chi connectivity index (χ0) is 10.9. The average Bonchev–Trinajstić information content (AvgIpc) is 2.59. The minimum absolute atomic E-state index is 0.0848. The summed E-state index contributed by atoms with van der Waals surface area (Å²) in [5, 5.41) is 0. The normalized spacial score (nSPS) is 19.4. The van der Waals surface area contributed by atoms with Gasteiger partial charge >= 0.3 is 0 Å². The fourth-order valence-corrected chi connectivity index (χ4v) is 2.47. The van der Waals surface area contributed by atoms with Gasteiger partial charge in [-0.25, -0.2) is 4.39 Å². The van der Waals surface area contributed by atoms with Gasteiger partial charge in [-0.05, 0) is 49.4 Å². The first-order valence-corrected chi connectivity index (χ1v) is 5.63. The van der Waals surface area contributed by atoms with E-state index >= 15 is 0 Å². The average molecular weight is 207 g/mol. The largest absolute Gasteiger partial charge is 0.325 e. The van der Waals surface area contributed by atoms with E-state index in [0.29, 0.717) is 0 Å². The zero-order valence-electron chi connectivity index (χ0n) is 9.22. The molecule has 15 heavy (non-hydrogen) atoms. The molecule has 0 aliphatic heterocycles. The molecular formula is C13H18FN. The monoisotopic (exact) mass is 207 g/mol. The van der Waals surface area contributed by atoms with E-state index in [1.54, 1.807) is 6.07 Å². The van der Waals surface area contributed by atoms with Crippen LogP contribution >= 0.6 is 0 Å². The van der Waals surface area contributed by atoms with Crippen LogP contribution in [0.25, 0.3) is 0 Å².